The fraction of sp³-hybridized carbons (Fsp3) is 0.0200. The van der Waals surface area contributed by atoms with Crippen molar-refractivity contribution in [3.05, 3.63) is 228 Å². The van der Waals surface area contributed by atoms with Crippen molar-refractivity contribution in [1.82, 2.24) is 9.13 Å². The summed E-state index contributed by atoms with van der Waals surface area (Å²) in [6, 6.07) is 68.5. The normalized spacial score (nSPS) is 13.1. The van der Waals surface area contributed by atoms with Gasteiger partial charge in [-0.2, -0.15) is 0 Å². The fourth-order valence-electron chi connectivity index (χ4n) is 9.19. The maximum absolute atomic E-state index is 14.5. The molecular formula is C50H32N2O. The molecule has 248 valence electrons. The Balaban J connectivity index is 1.13. The number of para-hydroxylation sites is 4. The van der Waals surface area contributed by atoms with Crippen LogP contribution < -0.4 is 0 Å². The van der Waals surface area contributed by atoms with Crippen molar-refractivity contribution in [2.45, 2.75) is 5.41 Å². The number of benzene rings is 8. The van der Waals surface area contributed by atoms with Gasteiger partial charge >= 0.3 is 0 Å². The van der Waals surface area contributed by atoms with Crippen LogP contribution in [0.2, 0.25) is 0 Å². The SMILES string of the molecule is O=C(c1ccc2c(c1)c1ccccc1n2-c1ccccc1)c1ccc2c(c1)c1cccc3c1n2-c1ccccc1C3(c1ccccc1)c1ccccc1. The molecule has 0 aliphatic carbocycles. The van der Waals surface area contributed by atoms with Crippen LogP contribution in [0.4, 0.5) is 0 Å². The van der Waals surface area contributed by atoms with Crippen LogP contribution in [0.15, 0.2) is 194 Å². The van der Waals surface area contributed by atoms with Crippen LogP contribution in [0.5, 0.6) is 0 Å². The number of hydrogen-bond acceptors (Lipinski definition) is 1. The molecule has 1 aliphatic heterocycles. The molecule has 2 aromatic heterocycles. The van der Waals surface area contributed by atoms with E-state index in [2.05, 4.69) is 185 Å². The Morgan fingerprint density at radius 2 is 0.906 bits per heavy atom. The molecule has 8 aromatic carbocycles. The number of hydrogen-bond donors (Lipinski definition) is 0. The van der Waals surface area contributed by atoms with E-state index >= 15 is 0 Å². The minimum absolute atomic E-state index is 0.0144. The molecule has 0 saturated heterocycles. The maximum atomic E-state index is 14.5. The average molecular weight is 677 g/mol. The van der Waals surface area contributed by atoms with Crippen LogP contribution >= 0.6 is 0 Å². The lowest BCUT2D eigenvalue weighted by Crippen LogP contribution is -2.35. The number of rotatable bonds is 5. The second-order valence-electron chi connectivity index (χ2n) is 14.0. The summed E-state index contributed by atoms with van der Waals surface area (Å²) in [4.78, 5) is 14.5. The summed E-state index contributed by atoms with van der Waals surface area (Å²) in [5.74, 6) is 0.0144. The highest BCUT2D eigenvalue weighted by Gasteiger charge is 2.45. The van der Waals surface area contributed by atoms with E-state index in [1.807, 2.05) is 18.2 Å². The van der Waals surface area contributed by atoms with Crippen LogP contribution in [-0.2, 0) is 5.41 Å². The summed E-state index contributed by atoms with van der Waals surface area (Å²) in [5, 5.41) is 4.41. The molecule has 0 fully saturated rings. The molecule has 0 bridgehead atoms. The monoisotopic (exact) mass is 676 g/mol. The van der Waals surface area contributed by atoms with Crippen molar-refractivity contribution < 1.29 is 4.79 Å². The first kappa shape index (κ1) is 29.7. The van der Waals surface area contributed by atoms with Crippen molar-refractivity contribution in [3.8, 4) is 11.4 Å². The van der Waals surface area contributed by atoms with E-state index < -0.39 is 5.41 Å². The number of carbonyl (C=O) groups is 1. The lowest BCUT2D eigenvalue weighted by atomic mass is 9.63. The summed E-state index contributed by atoms with van der Waals surface area (Å²) < 4.78 is 4.69. The van der Waals surface area contributed by atoms with Gasteiger partial charge in [0.2, 0.25) is 0 Å². The molecule has 3 heterocycles. The van der Waals surface area contributed by atoms with Crippen LogP contribution in [0.1, 0.15) is 38.2 Å². The summed E-state index contributed by atoms with van der Waals surface area (Å²) in [6.45, 7) is 0. The highest BCUT2D eigenvalue weighted by molar-refractivity contribution is 6.18. The Morgan fingerprint density at radius 3 is 1.60 bits per heavy atom. The zero-order chi connectivity index (χ0) is 35.1. The van der Waals surface area contributed by atoms with E-state index in [0.29, 0.717) is 11.1 Å². The van der Waals surface area contributed by atoms with Gasteiger partial charge in [0.05, 0.1) is 33.2 Å². The van der Waals surface area contributed by atoms with Crippen LogP contribution in [-0.4, -0.2) is 14.9 Å². The topological polar surface area (TPSA) is 26.9 Å². The van der Waals surface area contributed by atoms with Gasteiger partial charge in [-0.3, -0.25) is 4.79 Å². The van der Waals surface area contributed by atoms with Gasteiger partial charge in [-0.05, 0) is 82.9 Å². The van der Waals surface area contributed by atoms with Crippen molar-refractivity contribution in [3.63, 3.8) is 0 Å². The molecule has 0 spiro atoms. The van der Waals surface area contributed by atoms with E-state index in [1.54, 1.807) is 0 Å². The summed E-state index contributed by atoms with van der Waals surface area (Å²) in [6.07, 6.45) is 0. The maximum Gasteiger partial charge on any atom is 0.193 e. The highest BCUT2D eigenvalue weighted by Crippen LogP contribution is 2.54. The van der Waals surface area contributed by atoms with Gasteiger partial charge < -0.3 is 9.13 Å². The van der Waals surface area contributed by atoms with Crippen molar-refractivity contribution in [2.24, 2.45) is 0 Å². The van der Waals surface area contributed by atoms with E-state index in [4.69, 9.17) is 0 Å². The second kappa shape index (κ2) is 11.3. The zero-order valence-electron chi connectivity index (χ0n) is 28.8. The first-order valence-electron chi connectivity index (χ1n) is 18.2. The molecule has 3 nitrogen and oxygen atoms in total. The Hall–Kier alpha value is -6.97. The molecule has 10 aromatic rings. The van der Waals surface area contributed by atoms with Gasteiger partial charge in [0.25, 0.3) is 0 Å². The third-order valence-electron chi connectivity index (χ3n) is 11.4. The summed E-state index contributed by atoms with van der Waals surface area (Å²) >= 11 is 0. The first-order valence-corrected chi connectivity index (χ1v) is 18.2. The quantitative estimate of drug-likeness (QED) is 0.167. The smallest absolute Gasteiger partial charge is 0.193 e. The van der Waals surface area contributed by atoms with Gasteiger partial charge in [-0.1, -0.05) is 133 Å². The molecule has 0 amide bonds. The number of fused-ring (bicyclic) bond motifs is 8. The van der Waals surface area contributed by atoms with Crippen LogP contribution in [0, 0.1) is 0 Å². The van der Waals surface area contributed by atoms with Gasteiger partial charge in [0.1, 0.15) is 0 Å². The fourth-order valence-corrected chi connectivity index (χ4v) is 9.19. The Kier molecular flexibility index (Phi) is 6.32. The second-order valence-corrected chi connectivity index (χ2v) is 14.0. The third-order valence-corrected chi connectivity index (χ3v) is 11.4. The number of nitrogens with zero attached hydrogens (tertiary/aromatic N) is 2. The zero-order valence-corrected chi connectivity index (χ0v) is 28.8. The number of ketones is 1. The number of carbonyl (C=O) groups excluding carboxylic acids is 1. The highest BCUT2D eigenvalue weighted by atomic mass is 16.1. The predicted octanol–water partition coefficient (Wildman–Crippen LogP) is 11.8. The van der Waals surface area contributed by atoms with Crippen molar-refractivity contribution >= 4 is 49.4 Å². The molecule has 0 saturated carbocycles. The minimum atomic E-state index is -0.532. The molecule has 11 rings (SSSR count). The lowest BCUT2D eigenvalue weighted by Gasteiger charge is -2.41. The first-order chi connectivity index (χ1) is 26.2. The Morgan fingerprint density at radius 1 is 0.396 bits per heavy atom. The van der Waals surface area contributed by atoms with E-state index in [9.17, 15) is 4.79 Å². The van der Waals surface area contributed by atoms with Gasteiger partial charge in [-0.25, -0.2) is 0 Å². The van der Waals surface area contributed by atoms with Crippen LogP contribution in [0.3, 0.4) is 0 Å². The summed E-state index contributed by atoms with van der Waals surface area (Å²) in [5.41, 5.74) is 12.5. The molecule has 53 heavy (non-hydrogen) atoms. The Labute approximate surface area is 306 Å². The molecular weight excluding hydrogens is 645 g/mol. The Bertz CT molecular complexity index is 3020. The molecule has 0 radical (unpaired) electrons. The van der Waals surface area contributed by atoms with E-state index in [0.717, 1.165) is 49.5 Å². The molecule has 1 aliphatic rings. The van der Waals surface area contributed by atoms with Crippen LogP contribution in [0.25, 0.3) is 55.0 Å². The van der Waals surface area contributed by atoms with E-state index in [-0.39, 0.29) is 5.78 Å². The minimum Gasteiger partial charge on any atom is -0.309 e. The summed E-state index contributed by atoms with van der Waals surface area (Å²) in [7, 11) is 0. The predicted molar refractivity (Wildman–Crippen MR) is 217 cm³/mol. The van der Waals surface area contributed by atoms with Crippen molar-refractivity contribution in [2.75, 3.05) is 0 Å². The molecule has 0 unspecified atom stereocenters. The average Bonchev–Trinajstić information content (AvgIpc) is 3.75. The van der Waals surface area contributed by atoms with E-state index in [1.165, 1.54) is 27.8 Å². The largest absolute Gasteiger partial charge is 0.309 e. The molecule has 0 atom stereocenters. The van der Waals surface area contributed by atoms with Crippen molar-refractivity contribution in [1.29, 1.82) is 0 Å². The van der Waals surface area contributed by atoms with Gasteiger partial charge in [-0.15, -0.1) is 0 Å². The molecule has 0 N–H and O–H groups in total. The number of aromatic nitrogens is 2. The van der Waals surface area contributed by atoms with Gasteiger partial charge in [0.15, 0.2) is 5.78 Å². The molecule has 3 heteroatoms. The standard InChI is InChI=1S/C50H32N2O/c53-49(33-27-29-45-40(31-33)38-21-10-12-25-44(38)51(45)37-19-8-3-9-20-37)34-28-30-46-41(32-34)39-22-14-24-43-48(39)52(46)47-26-13-11-23-42(47)50(43,35-15-4-1-5-16-35)36-17-6-2-7-18-36/h1-32H. The lowest BCUT2D eigenvalue weighted by molar-refractivity contribution is 0.103. The van der Waals surface area contributed by atoms with Gasteiger partial charge in [0, 0.05) is 38.4 Å². The third kappa shape index (κ3) is 4.08.